The van der Waals surface area contributed by atoms with Crippen molar-refractivity contribution in [1.82, 2.24) is 14.8 Å². The van der Waals surface area contributed by atoms with Gasteiger partial charge in [-0.2, -0.15) is 5.10 Å². The molecule has 0 N–H and O–H groups in total. The Bertz CT molecular complexity index is 731. The van der Waals surface area contributed by atoms with Gasteiger partial charge < -0.3 is 0 Å². The van der Waals surface area contributed by atoms with E-state index < -0.39 is 0 Å². The van der Waals surface area contributed by atoms with Crippen LogP contribution < -0.4 is 0 Å². The topological polar surface area (TPSA) is 47.8 Å². The zero-order valence-corrected chi connectivity index (χ0v) is 10.6. The number of ketones is 1. The molecule has 3 rings (SSSR count). The third-order valence-electron chi connectivity index (χ3n) is 3.00. The number of hydrogen-bond donors (Lipinski definition) is 0. The van der Waals surface area contributed by atoms with E-state index in [4.69, 9.17) is 0 Å². The summed E-state index contributed by atoms with van der Waals surface area (Å²) >= 11 is 0. The summed E-state index contributed by atoms with van der Waals surface area (Å²) in [6, 6.07) is 11.3. The maximum Gasteiger partial charge on any atom is 0.185 e. The third kappa shape index (κ3) is 2.38. The van der Waals surface area contributed by atoms with Crippen LogP contribution >= 0.6 is 0 Å². The highest BCUT2D eigenvalue weighted by molar-refractivity contribution is 5.96. The second-order valence-corrected chi connectivity index (χ2v) is 4.51. The Morgan fingerprint density at radius 1 is 1.26 bits per heavy atom. The molecular formula is C15H13N3O. The normalized spacial score (nSPS) is 10.8. The van der Waals surface area contributed by atoms with Crippen LogP contribution in [0.15, 0.2) is 48.8 Å². The predicted octanol–water partition coefficient (Wildman–Crippen LogP) is 2.39. The molecule has 0 radical (unpaired) electrons. The van der Waals surface area contributed by atoms with E-state index >= 15 is 0 Å². The molecule has 94 valence electrons. The van der Waals surface area contributed by atoms with Gasteiger partial charge in [-0.05, 0) is 23.8 Å². The van der Waals surface area contributed by atoms with Crippen LogP contribution in [0.25, 0.3) is 10.9 Å². The number of carbonyl (C=O) groups excluding carboxylic acids is 1. The van der Waals surface area contributed by atoms with Crippen molar-refractivity contribution in [3.63, 3.8) is 0 Å². The number of carbonyl (C=O) groups is 1. The molecule has 0 saturated heterocycles. The van der Waals surface area contributed by atoms with E-state index in [-0.39, 0.29) is 5.78 Å². The smallest absolute Gasteiger partial charge is 0.185 e. The van der Waals surface area contributed by atoms with Crippen molar-refractivity contribution in [2.45, 2.75) is 6.42 Å². The molecule has 0 unspecified atom stereocenters. The van der Waals surface area contributed by atoms with Gasteiger partial charge in [0.1, 0.15) is 5.69 Å². The monoisotopic (exact) mass is 251 g/mol. The van der Waals surface area contributed by atoms with E-state index in [0.717, 1.165) is 16.5 Å². The van der Waals surface area contributed by atoms with Gasteiger partial charge in [0.05, 0.1) is 5.52 Å². The molecule has 1 aromatic carbocycles. The zero-order valence-electron chi connectivity index (χ0n) is 10.6. The van der Waals surface area contributed by atoms with Crippen molar-refractivity contribution >= 4 is 16.7 Å². The van der Waals surface area contributed by atoms with Crippen LogP contribution in [0, 0.1) is 0 Å². The fourth-order valence-corrected chi connectivity index (χ4v) is 2.10. The highest BCUT2D eigenvalue weighted by atomic mass is 16.1. The molecule has 0 saturated carbocycles. The molecule has 0 bridgehead atoms. The van der Waals surface area contributed by atoms with Crippen LogP contribution in [0.1, 0.15) is 16.1 Å². The summed E-state index contributed by atoms with van der Waals surface area (Å²) in [7, 11) is 1.89. The first-order valence-electron chi connectivity index (χ1n) is 6.09. The minimum absolute atomic E-state index is 0.0240. The molecule has 2 aromatic heterocycles. The average molecular weight is 251 g/mol. The minimum atomic E-state index is 0.0240. The third-order valence-corrected chi connectivity index (χ3v) is 3.00. The molecule has 2 heterocycles. The standard InChI is InChI=1S/C15H13N3O/c1-18-10-12-6-5-11(8-14(12)17-18)9-15(19)13-4-2-3-7-16-13/h2-8,10H,9H2,1H3. The molecule has 0 atom stereocenters. The highest BCUT2D eigenvalue weighted by Gasteiger charge is 2.09. The SMILES string of the molecule is Cn1cc2ccc(CC(=O)c3ccccn3)cc2n1. The first-order valence-corrected chi connectivity index (χ1v) is 6.09. The number of Topliss-reactive ketones (excluding diaryl/α,β-unsaturated/α-hetero) is 1. The van der Waals surface area contributed by atoms with Crippen LogP contribution in [-0.2, 0) is 13.5 Å². The summed E-state index contributed by atoms with van der Waals surface area (Å²) in [5.74, 6) is 0.0240. The number of hydrogen-bond acceptors (Lipinski definition) is 3. The fourth-order valence-electron chi connectivity index (χ4n) is 2.10. The lowest BCUT2D eigenvalue weighted by Gasteiger charge is -2.00. The van der Waals surface area contributed by atoms with Crippen LogP contribution in [0.2, 0.25) is 0 Å². The van der Waals surface area contributed by atoms with Gasteiger partial charge in [0.2, 0.25) is 0 Å². The summed E-state index contributed by atoms with van der Waals surface area (Å²) in [5.41, 5.74) is 2.37. The molecule has 19 heavy (non-hydrogen) atoms. The van der Waals surface area contributed by atoms with Crippen molar-refractivity contribution in [2.24, 2.45) is 7.05 Å². The molecule has 3 aromatic rings. The summed E-state index contributed by atoms with van der Waals surface area (Å²) in [4.78, 5) is 16.1. The lowest BCUT2D eigenvalue weighted by molar-refractivity contribution is 0.0988. The second-order valence-electron chi connectivity index (χ2n) is 4.51. The molecule has 0 aliphatic rings. The quantitative estimate of drug-likeness (QED) is 0.671. The van der Waals surface area contributed by atoms with E-state index in [0.29, 0.717) is 12.1 Å². The summed E-state index contributed by atoms with van der Waals surface area (Å²) in [6.07, 6.45) is 3.94. The Hall–Kier alpha value is -2.49. The van der Waals surface area contributed by atoms with Crippen molar-refractivity contribution in [3.05, 3.63) is 60.0 Å². The van der Waals surface area contributed by atoms with Gasteiger partial charge >= 0.3 is 0 Å². The Morgan fingerprint density at radius 3 is 2.95 bits per heavy atom. The average Bonchev–Trinajstić information content (AvgIpc) is 2.79. The largest absolute Gasteiger partial charge is 0.292 e. The van der Waals surface area contributed by atoms with Crippen LogP contribution in [-0.4, -0.2) is 20.5 Å². The maximum absolute atomic E-state index is 12.1. The number of aryl methyl sites for hydroxylation is 1. The van der Waals surface area contributed by atoms with Gasteiger partial charge in [-0.25, -0.2) is 0 Å². The van der Waals surface area contributed by atoms with Crippen LogP contribution in [0.3, 0.4) is 0 Å². The number of rotatable bonds is 3. The summed E-state index contributed by atoms with van der Waals surface area (Å²) in [5, 5.41) is 5.42. The molecule has 0 aliphatic carbocycles. The number of pyridine rings is 1. The fraction of sp³-hybridized carbons (Fsp3) is 0.133. The van der Waals surface area contributed by atoms with E-state index in [1.54, 1.807) is 23.0 Å². The Morgan fingerprint density at radius 2 is 2.16 bits per heavy atom. The molecule has 0 spiro atoms. The van der Waals surface area contributed by atoms with Gasteiger partial charge in [0.25, 0.3) is 0 Å². The van der Waals surface area contributed by atoms with Crippen LogP contribution in [0.4, 0.5) is 0 Å². The lowest BCUT2D eigenvalue weighted by Crippen LogP contribution is -2.05. The Labute approximate surface area is 110 Å². The first-order chi connectivity index (χ1) is 9.22. The minimum Gasteiger partial charge on any atom is -0.292 e. The van der Waals surface area contributed by atoms with Crippen LogP contribution in [0.5, 0.6) is 0 Å². The summed E-state index contributed by atoms with van der Waals surface area (Å²) < 4.78 is 1.77. The predicted molar refractivity (Wildman–Crippen MR) is 73.0 cm³/mol. The van der Waals surface area contributed by atoms with E-state index in [1.807, 2.05) is 37.5 Å². The van der Waals surface area contributed by atoms with Gasteiger partial charge in [0, 0.05) is 31.2 Å². The van der Waals surface area contributed by atoms with Gasteiger partial charge in [-0.1, -0.05) is 18.2 Å². The highest BCUT2D eigenvalue weighted by Crippen LogP contribution is 2.15. The van der Waals surface area contributed by atoms with Crippen molar-refractivity contribution in [2.75, 3.05) is 0 Å². The molecule has 4 nitrogen and oxygen atoms in total. The van der Waals surface area contributed by atoms with Crippen molar-refractivity contribution in [1.29, 1.82) is 0 Å². The van der Waals surface area contributed by atoms with Crippen molar-refractivity contribution in [3.8, 4) is 0 Å². The summed E-state index contributed by atoms with van der Waals surface area (Å²) in [6.45, 7) is 0. The van der Waals surface area contributed by atoms with Crippen molar-refractivity contribution < 1.29 is 4.79 Å². The number of nitrogens with zero attached hydrogens (tertiary/aromatic N) is 3. The van der Waals surface area contributed by atoms with E-state index in [9.17, 15) is 4.79 Å². The van der Waals surface area contributed by atoms with Gasteiger partial charge in [0.15, 0.2) is 5.78 Å². The Balaban J connectivity index is 1.87. The number of aromatic nitrogens is 3. The molecule has 0 fully saturated rings. The molecular weight excluding hydrogens is 238 g/mol. The Kier molecular flexibility index (Phi) is 2.83. The molecule has 0 amide bonds. The zero-order chi connectivity index (χ0) is 13.2. The lowest BCUT2D eigenvalue weighted by atomic mass is 10.1. The first kappa shape index (κ1) is 11.6. The number of fused-ring (bicyclic) bond motifs is 1. The molecule has 4 heteroatoms. The maximum atomic E-state index is 12.1. The van der Waals surface area contributed by atoms with E-state index in [1.165, 1.54) is 0 Å². The van der Waals surface area contributed by atoms with Gasteiger partial charge in [-0.3, -0.25) is 14.5 Å². The van der Waals surface area contributed by atoms with E-state index in [2.05, 4.69) is 10.1 Å². The number of benzene rings is 1. The van der Waals surface area contributed by atoms with Gasteiger partial charge in [-0.15, -0.1) is 0 Å². The molecule has 0 aliphatic heterocycles. The second kappa shape index (κ2) is 4.65.